The van der Waals surface area contributed by atoms with Crippen LogP contribution in [0.5, 0.6) is 23.0 Å². The molecule has 1 heterocycles. The minimum Gasteiger partial charge on any atom is -0.497 e. The molecular weight excluding hydrogens is 436 g/mol. The summed E-state index contributed by atoms with van der Waals surface area (Å²) in [6.45, 7) is 0.663. The van der Waals surface area contributed by atoms with Crippen molar-refractivity contribution in [2.75, 3.05) is 39.9 Å². The lowest BCUT2D eigenvalue weighted by Gasteiger charge is -2.20. The van der Waals surface area contributed by atoms with E-state index in [-0.39, 0.29) is 24.8 Å². The molecule has 3 aromatic rings. The Morgan fingerprint density at radius 3 is 2.24 bits per heavy atom. The fraction of sp³-hybridized carbons (Fsp3) is 0.308. The van der Waals surface area contributed by atoms with Crippen LogP contribution < -0.4 is 29.2 Å². The van der Waals surface area contributed by atoms with Gasteiger partial charge in [-0.1, -0.05) is 18.2 Å². The molecule has 0 saturated carbocycles. The fourth-order valence-electron chi connectivity index (χ4n) is 4.20. The van der Waals surface area contributed by atoms with Crippen LogP contribution >= 0.6 is 0 Å². The molecule has 178 valence electrons. The van der Waals surface area contributed by atoms with Crippen LogP contribution in [0.2, 0.25) is 0 Å². The molecule has 4 rings (SSSR count). The van der Waals surface area contributed by atoms with Gasteiger partial charge in [0.2, 0.25) is 17.6 Å². The average molecular weight is 465 g/mol. The third-order valence-electron chi connectivity index (χ3n) is 6.04. The van der Waals surface area contributed by atoms with Gasteiger partial charge in [-0.25, -0.2) is 0 Å². The van der Waals surface area contributed by atoms with E-state index in [1.807, 2.05) is 36.4 Å². The Morgan fingerprint density at radius 2 is 1.59 bits per heavy atom. The normalized spacial score (nSPS) is 15.4. The zero-order chi connectivity index (χ0) is 24.2. The summed E-state index contributed by atoms with van der Waals surface area (Å²) in [6.07, 6.45) is 0.139. The summed E-state index contributed by atoms with van der Waals surface area (Å²) in [4.78, 5) is 27.2. The van der Waals surface area contributed by atoms with Crippen molar-refractivity contribution in [2.45, 2.75) is 13.0 Å². The Hall–Kier alpha value is -3.94. The van der Waals surface area contributed by atoms with Gasteiger partial charge in [-0.3, -0.25) is 9.59 Å². The van der Waals surface area contributed by atoms with Gasteiger partial charge in [0.25, 0.3) is 0 Å². The lowest BCUT2D eigenvalue weighted by Crippen LogP contribution is -2.32. The average Bonchev–Trinajstić information content (AvgIpc) is 3.27. The van der Waals surface area contributed by atoms with Crippen molar-refractivity contribution < 1.29 is 28.5 Å². The summed E-state index contributed by atoms with van der Waals surface area (Å²) >= 11 is 0. The van der Waals surface area contributed by atoms with Crippen molar-refractivity contribution in [2.24, 2.45) is 5.92 Å². The van der Waals surface area contributed by atoms with Gasteiger partial charge in [-0.05, 0) is 34.5 Å². The number of nitrogens with zero attached hydrogens (tertiary/aromatic N) is 1. The molecule has 0 aromatic heterocycles. The Bertz CT molecular complexity index is 1200. The Kier molecular flexibility index (Phi) is 6.77. The van der Waals surface area contributed by atoms with Crippen LogP contribution in [0.4, 0.5) is 5.69 Å². The van der Waals surface area contributed by atoms with Gasteiger partial charge < -0.3 is 29.2 Å². The van der Waals surface area contributed by atoms with E-state index in [4.69, 9.17) is 18.9 Å². The number of ether oxygens (including phenoxy) is 4. The summed E-state index contributed by atoms with van der Waals surface area (Å²) in [5.74, 6) is 1.42. The number of anilines is 1. The maximum Gasteiger partial charge on any atom is 0.227 e. The molecule has 8 heteroatoms. The summed E-state index contributed by atoms with van der Waals surface area (Å²) in [5, 5.41) is 5.11. The minimum absolute atomic E-state index is 0.130. The lowest BCUT2D eigenvalue weighted by molar-refractivity contribution is -0.126. The molecule has 0 bridgehead atoms. The third-order valence-corrected chi connectivity index (χ3v) is 6.04. The Balaban J connectivity index is 1.44. The van der Waals surface area contributed by atoms with Crippen molar-refractivity contribution in [1.82, 2.24) is 5.32 Å². The Morgan fingerprint density at radius 1 is 0.912 bits per heavy atom. The first-order valence-electron chi connectivity index (χ1n) is 10.9. The predicted molar refractivity (Wildman–Crippen MR) is 129 cm³/mol. The second-order valence-corrected chi connectivity index (χ2v) is 8.05. The third kappa shape index (κ3) is 4.57. The molecule has 3 aromatic carbocycles. The second kappa shape index (κ2) is 9.91. The topological polar surface area (TPSA) is 86.3 Å². The van der Waals surface area contributed by atoms with E-state index in [9.17, 15) is 9.59 Å². The first-order chi connectivity index (χ1) is 16.5. The summed E-state index contributed by atoms with van der Waals surface area (Å²) in [5.41, 5.74) is 1.58. The molecular formula is C26H28N2O6. The number of hydrogen-bond acceptors (Lipinski definition) is 6. The number of carbonyl (C=O) groups excluding carboxylic acids is 2. The molecule has 1 atom stereocenters. The van der Waals surface area contributed by atoms with Crippen molar-refractivity contribution >= 4 is 28.3 Å². The molecule has 0 radical (unpaired) electrons. The predicted octanol–water partition coefficient (Wildman–Crippen LogP) is 3.54. The maximum atomic E-state index is 12.9. The molecule has 2 amide bonds. The van der Waals surface area contributed by atoms with Crippen molar-refractivity contribution in [3.63, 3.8) is 0 Å². The zero-order valence-corrected chi connectivity index (χ0v) is 19.7. The van der Waals surface area contributed by atoms with Crippen LogP contribution in [-0.2, 0) is 16.1 Å². The number of amides is 2. The minimum atomic E-state index is -0.448. The van der Waals surface area contributed by atoms with Crippen LogP contribution in [0.1, 0.15) is 12.0 Å². The number of nitrogens with one attached hydrogen (secondary N) is 1. The van der Waals surface area contributed by atoms with E-state index in [0.29, 0.717) is 29.5 Å². The highest BCUT2D eigenvalue weighted by atomic mass is 16.5. The number of fused-ring (bicyclic) bond motifs is 1. The van der Waals surface area contributed by atoms with Crippen LogP contribution in [0.15, 0.2) is 48.5 Å². The molecule has 1 fully saturated rings. The van der Waals surface area contributed by atoms with E-state index in [0.717, 1.165) is 22.1 Å². The monoisotopic (exact) mass is 464 g/mol. The summed E-state index contributed by atoms with van der Waals surface area (Å²) in [7, 11) is 6.20. The summed E-state index contributed by atoms with van der Waals surface area (Å²) < 4.78 is 21.4. The van der Waals surface area contributed by atoms with Gasteiger partial charge in [0.1, 0.15) is 5.75 Å². The van der Waals surface area contributed by atoms with E-state index in [1.54, 1.807) is 24.1 Å². The molecule has 1 saturated heterocycles. The maximum absolute atomic E-state index is 12.9. The largest absolute Gasteiger partial charge is 0.497 e. The van der Waals surface area contributed by atoms with E-state index in [2.05, 4.69) is 5.32 Å². The van der Waals surface area contributed by atoms with Gasteiger partial charge in [0.15, 0.2) is 11.5 Å². The van der Waals surface area contributed by atoms with Crippen LogP contribution in [0.3, 0.4) is 0 Å². The molecule has 0 aliphatic carbocycles. The highest BCUT2D eigenvalue weighted by Crippen LogP contribution is 2.42. The van der Waals surface area contributed by atoms with Gasteiger partial charge in [0.05, 0.1) is 40.0 Å². The van der Waals surface area contributed by atoms with Crippen LogP contribution in [-0.4, -0.2) is 46.8 Å². The first-order valence-corrected chi connectivity index (χ1v) is 10.9. The van der Waals surface area contributed by atoms with E-state index >= 15 is 0 Å². The SMILES string of the molecule is COc1ccc2cc(CNC(=O)C3CC(=O)N(c4cc(OC)c(OC)c(OC)c4)C3)ccc2c1. The highest BCUT2D eigenvalue weighted by Gasteiger charge is 2.36. The van der Waals surface area contributed by atoms with Gasteiger partial charge in [0, 0.05) is 31.6 Å². The Labute approximate surface area is 198 Å². The highest BCUT2D eigenvalue weighted by molar-refractivity contribution is 6.00. The van der Waals surface area contributed by atoms with E-state index in [1.165, 1.54) is 21.3 Å². The van der Waals surface area contributed by atoms with Crippen LogP contribution in [0, 0.1) is 5.92 Å². The first kappa shape index (κ1) is 23.2. The number of rotatable bonds is 8. The molecule has 1 unspecified atom stereocenters. The second-order valence-electron chi connectivity index (χ2n) is 8.05. The van der Waals surface area contributed by atoms with Crippen molar-refractivity contribution in [3.8, 4) is 23.0 Å². The molecule has 1 N–H and O–H groups in total. The number of methoxy groups -OCH3 is 4. The number of benzene rings is 3. The smallest absolute Gasteiger partial charge is 0.227 e. The van der Waals surface area contributed by atoms with Gasteiger partial charge in [-0.2, -0.15) is 0 Å². The molecule has 1 aliphatic heterocycles. The fourth-order valence-corrected chi connectivity index (χ4v) is 4.20. The van der Waals surface area contributed by atoms with Crippen LogP contribution in [0.25, 0.3) is 10.8 Å². The summed E-state index contributed by atoms with van der Waals surface area (Å²) in [6, 6.07) is 15.3. The van der Waals surface area contributed by atoms with Crippen molar-refractivity contribution in [1.29, 1.82) is 0 Å². The molecule has 1 aliphatic rings. The standard InChI is InChI=1S/C26H28N2O6/c1-31-21-8-7-17-9-16(5-6-18(17)10-21)14-27-26(30)19-11-24(29)28(15-19)20-12-22(32-2)25(34-4)23(13-20)33-3/h5-10,12-13,19H,11,14-15H2,1-4H3,(H,27,30). The molecule has 0 spiro atoms. The molecule has 34 heavy (non-hydrogen) atoms. The van der Waals surface area contributed by atoms with Gasteiger partial charge >= 0.3 is 0 Å². The number of carbonyl (C=O) groups is 2. The van der Waals surface area contributed by atoms with E-state index < -0.39 is 5.92 Å². The van der Waals surface area contributed by atoms with Crippen molar-refractivity contribution in [3.05, 3.63) is 54.1 Å². The van der Waals surface area contributed by atoms with Gasteiger partial charge in [-0.15, -0.1) is 0 Å². The quantitative estimate of drug-likeness (QED) is 0.549. The number of hydrogen-bond donors (Lipinski definition) is 1. The lowest BCUT2D eigenvalue weighted by atomic mass is 10.1. The molecule has 8 nitrogen and oxygen atoms in total. The zero-order valence-electron chi connectivity index (χ0n) is 19.7.